The largest absolute Gasteiger partial charge is 0.0533 e. The van der Waals surface area contributed by atoms with Crippen LogP contribution in [0.15, 0.2) is 0 Å². The lowest BCUT2D eigenvalue weighted by Gasteiger charge is -2.45. The molecule has 15 heavy (non-hydrogen) atoms. The van der Waals surface area contributed by atoms with E-state index >= 15 is 0 Å². The molecule has 0 N–H and O–H groups in total. The Morgan fingerprint density at radius 3 is 1.53 bits per heavy atom. The van der Waals surface area contributed by atoms with E-state index in [-0.39, 0.29) is 0 Å². The zero-order valence-electron chi connectivity index (χ0n) is 10.1. The summed E-state index contributed by atoms with van der Waals surface area (Å²) < 4.78 is 0. The molecule has 4 unspecified atom stereocenters. The standard InChI is InChI=1S/C15H26/c1-2-6-12-10-11-13-7-4-5-9-15(13)14(12)8-3-1/h12-15H,1-11H2. The average molecular weight is 206 g/mol. The second-order valence-electron chi connectivity index (χ2n) is 6.35. The number of hydrogen-bond donors (Lipinski definition) is 0. The SMILES string of the molecule is C1CCC2CCC3CCCCC3C2CC1. The number of rotatable bonds is 0. The fourth-order valence-corrected chi connectivity index (χ4v) is 4.92. The molecular weight excluding hydrogens is 180 g/mol. The van der Waals surface area contributed by atoms with Crippen LogP contribution < -0.4 is 0 Å². The fraction of sp³-hybridized carbons (Fsp3) is 1.00. The molecule has 0 spiro atoms. The van der Waals surface area contributed by atoms with E-state index in [2.05, 4.69) is 0 Å². The molecule has 0 saturated heterocycles. The van der Waals surface area contributed by atoms with Crippen molar-refractivity contribution in [3.05, 3.63) is 0 Å². The zero-order chi connectivity index (χ0) is 10.1. The first kappa shape index (κ1) is 10.2. The average Bonchev–Trinajstić information content (AvgIpc) is 2.54. The van der Waals surface area contributed by atoms with Crippen LogP contribution in [0.1, 0.15) is 70.6 Å². The van der Waals surface area contributed by atoms with Crippen molar-refractivity contribution < 1.29 is 0 Å². The summed E-state index contributed by atoms with van der Waals surface area (Å²) in [4.78, 5) is 0. The van der Waals surface area contributed by atoms with Gasteiger partial charge in [0, 0.05) is 0 Å². The highest BCUT2D eigenvalue weighted by molar-refractivity contribution is 4.90. The predicted molar refractivity (Wildman–Crippen MR) is 64.7 cm³/mol. The zero-order valence-corrected chi connectivity index (χ0v) is 10.1. The lowest BCUT2D eigenvalue weighted by molar-refractivity contribution is 0.0500. The summed E-state index contributed by atoms with van der Waals surface area (Å²) in [6, 6.07) is 0. The van der Waals surface area contributed by atoms with Gasteiger partial charge in [0.1, 0.15) is 0 Å². The van der Waals surface area contributed by atoms with Crippen molar-refractivity contribution in [1.82, 2.24) is 0 Å². The van der Waals surface area contributed by atoms with E-state index < -0.39 is 0 Å². The molecule has 0 bridgehead atoms. The highest BCUT2D eigenvalue weighted by Gasteiger charge is 2.39. The second-order valence-corrected chi connectivity index (χ2v) is 6.35. The van der Waals surface area contributed by atoms with Gasteiger partial charge >= 0.3 is 0 Å². The molecule has 0 aromatic heterocycles. The lowest BCUT2D eigenvalue weighted by atomic mass is 9.60. The predicted octanol–water partition coefficient (Wildman–Crippen LogP) is 4.78. The summed E-state index contributed by atoms with van der Waals surface area (Å²) >= 11 is 0. The summed E-state index contributed by atoms with van der Waals surface area (Å²) in [5.74, 6) is 4.62. The van der Waals surface area contributed by atoms with Crippen LogP contribution in [0.2, 0.25) is 0 Å². The Hall–Kier alpha value is 0. The molecule has 86 valence electrons. The van der Waals surface area contributed by atoms with Crippen molar-refractivity contribution in [2.75, 3.05) is 0 Å². The summed E-state index contributed by atoms with van der Waals surface area (Å²) in [7, 11) is 0. The van der Waals surface area contributed by atoms with Crippen molar-refractivity contribution in [2.45, 2.75) is 70.6 Å². The highest BCUT2D eigenvalue weighted by Crippen LogP contribution is 2.50. The van der Waals surface area contributed by atoms with Gasteiger partial charge in [0.25, 0.3) is 0 Å². The van der Waals surface area contributed by atoms with Gasteiger partial charge in [-0.1, -0.05) is 44.9 Å². The van der Waals surface area contributed by atoms with Crippen molar-refractivity contribution in [1.29, 1.82) is 0 Å². The second kappa shape index (κ2) is 4.47. The van der Waals surface area contributed by atoms with Crippen molar-refractivity contribution in [3.8, 4) is 0 Å². The molecule has 3 saturated carbocycles. The van der Waals surface area contributed by atoms with Crippen LogP contribution in [0, 0.1) is 23.7 Å². The molecule has 3 fully saturated rings. The molecule has 3 aliphatic rings. The Bertz CT molecular complexity index is 208. The van der Waals surface area contributed by atoms with Crippen molar-refractivity contribution >= 4 is 0 Å². The minimum absolute atomic E-state index is 1.15. The maximum Gasteiger partial charge on any atom is -0.0355 e. The Kier molecular flexibility index (Phi) is 3.03. The Morgan fingerprint density at radius 2 is 0.867 bits per heavy atom. The Balaban J connectivity index is 1.74. The molecule has 0 aliphatic heterocycles. The van der Waals surface area contributed by atoms with Crippen LogP contribution in [0.3, 0.4) is 0 Å². The molecule has 0 heteroatoms. The van der Waals surface area contributed by atoms with Crippen LogP contribution in [0.4, 0.5) is 0 Å². The van der Waals surface area contributed by atoms with Gasteiger partial charge in [0.05, 0.1) is 0 Å². The smallest absolute Gasteiger partial charge is 0.0355 e. The monoisotopic (exact) mass is 206 g/mol. The summed E-state index contributed by atoms with van der Waals surface area (Å²) in [5, 5.41) is 0. The van der Waals surface area contributed by atoms with E-state index in [0.29, 0.717) is 0 Å². The van der Waals surface area contributed by atoms with Crippen LogP contribution in [-0.2, 0) is 0 Å². The van der Waals surface area contributed by atoms with Gasteiger partial charge in [-0.15, -0.1) is 0 Å². The van der Waals surface area contributed by atoms with Crippen LogP contribution >= 0.6 is 0 Å². The van der Waals surface area contributed by atoms with Gasteiger partial charge in [-0.3, -0.25) is 0 Å². The first-order chi connectivity index (χ1) is 7.45. The van der Waals surface area contributed by atoms with Gasteiger partial charge in [-0.25, -0.2) is 0 Å². The van der Waals surface area contributed by atoms with E-state index in [1.165, 1.54) is 6.42 Å². The maximum atomic E-state index is 1.59. The quantitative estimate of drug-likeness (QED) is 0.535. The van der Waals surface area contributed by atoms with Gasteiger partial charge < -0.3 is 0 Å². The minimum atomic E-state index is 1.15. The van der Waals surface area contributed by atoms with Gasteiger partial charge in [0.2, 0.25) is 0 Å². The minimum Gasteiger partial charge on any atom is -0.0533 e. The highest BCUT2D eigenvalue weighted by atomic mass is 14.4. The van der Waals surface area contributed by atoms with Gasteiger partial charge in [-0.2, -0.15) is 0 Å². The number of hydrogen-bond acceptors (Lipinski definition) is 0. The first-order valence-electron chi connectivity index (χ1n) is 7.45. The Labute approximate surface area is 94.8 Å². The normalized spacial score (nSPS) is 46.4. The molecule has 0 aromatic carbocycles. The molecule has 0 radical (unpaired) electrons. The van der Waals surface area contributed by atoms with E-state index in [1.807, 2.05) is 0 Å². The molecule has 3 rings (SSSR count). The third-order valence-corrected chi connectivity index (χ3v) is 5.64. The summed E-state index contributed by atoms with van der Waals surface area (Å²) in [6.45, 7) is 0. The lowest BCUT2D eigenvalue weighted by Crippen LogP contribution is -2.36. The van der Waals surface area contributed by atoms with Crippen LogP contribution in [0.5, 0.6) is 0 Å². The Morgan fingerprint density at radius 1 is 0.400 bits per heavy atom. The maximum absolute atomic E-state index is 1.59. The third kappa shape index (κ3) is 1.97. The summed E-state index contributed by atoms with van der Waals surface area (Å²) in [6.07, 6.45) is 17.2. The van der Waals surface area contributed by atoms with E-state index in [4.69, 9.17) is 0 Å². The molecule has 0 amide bonds. The number of fused-ring (bicyclic) bond motifs is 3. The summed E-state index contributed by atoms with van der Waals surface area (Å²) in [5.41, 5.74) is 0. The van der Waals surface area contributed by atoms with E-state index in [1.54, 1.807) is 64.2 Å². The fourth-order valence-electron chi connectivity index (χ4n) is 4.92. The van der Waals surface area contributed by atoms with Crippen LogP contribution in [0.25, 0.3) is 0 Å². The molecule has 0 aromatic rings. The molecule has 4 atom stereocenters. The van der Waals surface area contributed by atoms with Crippen molar-refractivity contribution in [2.24, 2.45) is 23.7 Å². The van der Waals surface area contributed by atoms with Crippen molar-refractivity contribution in [3.63, 3.8) is 0 Å². The molecule has 3 aliphatic carbocycles. The molecule has 0 nitrogen and oxygen atoms in total. The molecule has 0 heterocycles. The third-order valence-electron chi connectivity index (χ3n) is 5.64. The topological polar surface area (TPSA) is 0 Å². The van der Waals surface area contributed by atoms with E-state index in [0.717, 1.165) is 23.7 Å². The van der Waals surface area contributed by atoms with Gasteiger partial charge in [0.15, 0.2) is 0 Å². The molecular formula is C15H26. The van der Waals surface area contributed by atoms with Crippen LogP contribution in [-0.4, -0.2) is 0 Å². The first-order valence-corrected chi connectivity index (χ1v) is 7.45. The van der Waals surface area contributed by atoms with E-state index in [9.17, 15) is 0 Å². The van der Waals surface area contributed by atoms with Gasteiger partial charge in [-0.05, 0) is 49.4 Å².